The predicted octanol–water partition coefficient (Wildman–Crippen LogP) is 1.72. The number of hydrogen-bond acceptors (Lipinski definition) is 2. The lowest BCUT2D eigenvalue weighted by Crippen LogP contribution is -2.34. The van der Waals surface area contributed by atoms with Crippen LogP contribution in [0.5, 0.6) is 0 Å². The summed E-state index contributed by atoms with van der Waals surface area (Å²) in [5.74, 6) is -0.0472. The number of halogens is 1. The van der Waals surface area contributed by atoms with Gasteiger partial charge in [-0.2, -0.15) is 0 Å². The molecule has 1 unspecified atom stereocenters. The van der Waals surface area contributed by atoms with Crippen molar-refractivity contribution in [2.24, 2.45) is 0 Å². The molecule has 0 bridgehead atoms. The molecule has 88 valence electrons. The van der Waals surface area contributed by atoms with Crippen molar-refractivity contribution in [2.75, 3.05) is 13.6 Å². The molecule has 16 heavy (non-hydrogen) atoms. The van der Waals surface area contributed by atoms with Crippen LogP contribution in [0.3, 0.4) is 0 Å². The summed E-state index contributed by atoms with van der Waals surface area (Å²) in [6.07, 6.45) is -0.247. The van der Waals surface area contributed by atoms with E-state index in [2.05, 4.69) is 0 Å². The largest absolute Gasteiger partial charge is 0.392 e. The predicted molar refractivity (Wildman–Crippen MR) is 64.5 cm³/mol. The molecule has 1 aromatic carbocycles. The lowest BCUT2D eigenvalue weighted by atomic mass is 10.1. The number of aliphatic hydroxyl groups is 1. The third-order valence-corrected chi connectivity index (χ3v) is 2.63. The number of carbonyl (C=O) groups is 1. The molecule has 0 aliphatic rings. The number of nitrogens with zero attached hydrogens (tertiary/aromatic N) is 1. The number of likely N-dealkylation sites (N-methyl/N-ethyl adjacent to an activating group) is 1. The monoisotopic (exact) mass is 241 g/mol. The van der Waals surface area contributed by atoms with E-state index in [4.69, 9.17) is 11.6 Å². The molecule has 0 saturated carbocycles. The Bertz CT molecular complexity index is 366. The van der Waals surface area contributed by atoms with Gasteiger partial charge in [-0.15, -0.1) is 0 Å². The Morgan fingerprint density at radius 1 is 1.50 bits per heavy atom. The topological polar surface area (TPSA) is 40.5 Å². The maximum absolute atomic E-state index is 11.8. The lowest BCUT2D eigenvalue weighted by molar-refractivity contribution is -0.130. The fourth-order valence-electron chi connectivity index (χ4n) is 1.44. The van der Waals surface area contributed by atoms with Gasteiger partial charge in [-0.1, -0.05) is 29.8 Å². The molecule has 0 fully saturated rings. The summed E-state index contributed by atoms with van der Waals surface area (Å²) >= 11 is 5.96. The SMILES string of the molecule is CC(O)CN(C)C(=O)Cc1ccccc1Cl. The Balaban J connectivity index is 2.61. The standard InChI is InChI=1S/C12H16ClNO2/c1-9(15)8-14(2)12(16)7-10-5-3-4-6-11(10)13/h3-6,9,15H,7-8H2,1-2H3. The summed E-state index contributed by atoms with van der Waals surface area (Å²) < 4.78 is 0. The number of aliphatic hydroxyl groups excluding tert-OH is 1. The Labute approximate surface area is 101 Å². The first-order valence-electron chi connectivity index (χ1n) is 5.16. The molecule has 0 heterocycles. The molecule has 0 aliphatic carbocycles. The normalized spacial score (nSPS) is 12.2. The molecule has 0 aliphatic heterocycles. The molecule has 0 aromatic heterocycles. The second-order valence-electron chi connectivity index (χ2n) is 3.89. The van der Waals surface area contributed by atoms with Gasteiger partial charge in [-0.3, -0.25) is 4.79 Å². The second-order valence-corrected chi connectivity index (χ2v) is 4.30. The summed E-state index contributed by atoms with van der Waals surface area (Å²) in [5.41, 5.74) is 0.812. The average molecular weight is 242 g/mol. The molecular formula is C12H16ClNO2. The summed E-state index contributed by atoms with van der Waals surface area (Å²) in [5, 5.41) is 9.77. The molecule has 1 aromatic rings. The van der Waals surface area contributed by atoms with E-state index in [-0.39, 0.29) is 12.3 Å². The van der Waals surface area contributed by atoms with E-state index in [9.17, 15) is 9.90 Å². The van der Waals surface area contributed by atoms with Crippen molar-refractivity contribution in [3.63, 3.8) is 0 Å². The summed E-state index contributed by atoms with van der Waals surface area (Å²) in [7, 11) is 1.67. The quantitative estimate of drug-likeness (QED) is 0.872. The molecule has 1 atom stereocenters. The summed E-state index contributed by atoms with van der Waals surface area (Å²) in [6, 6.07) is 7.27. The third kappa shape index (κ3) is 3.83. The highest BCUT2D eigenvalue weighted by molar-refractivity contribution is 6.31. The lowest BCUT2D eigenvalue weighted by Gasteiger charge is -2.19. The minimum atomic E-state index is -0.514. The van der Waals surface area contributed by atoms with Crippen LogP contribution in [0.15, 0.2) is 24.3 Å². The van der Waals surface area contributed by atoms with E-state index in [0.717, 1.165) is 5.56 Å². The first kappa shape index (κ1) is 13.0. The number of rotatable bonds is 4. The smallest absolute Gasteiger partial charge is 0.226 e. The zero-order valence-electron chi connectivity index (χ0n) is 9.48. The first-order chi connectivity index (χ1) is 7.50. The third-order valence-electron chi connectivity index (χ3n) is 2.26. The van der Waals surface area contributed by atoms with Gasteiger partial charge in [0.25, 0.3) is 0 Å². The minimum absolute atomic E-state index is 0.0472. The number of amides is 1. The van der Waals surface area contributed by atoms with Crippen molar-refractivity contribution in [1.82, 2.24) is 4.90 Å². The maximum atomic E-state index is 11.8. The van der Waals surface area contributed by atoms with Gasteiger partial charge in [0.05, 0.1) is 12.5 Å². The fourth-order valence-corrected chi connectivity index (χ4v) is 1.64. The van der Waals surface area contributed by atoms with Crippen molar-refractivity contribution in [3.05, 3.63) is 34.9 Å². The fraction of sp³-hybridized carbons (Fsp3) is 0.417. The van der Waals surface area contributed by atoms with Crippen molar-refractivity contribution >= 4 is 17.5 Å². The number of benzene rings is 1. The van der Waals surface area contributed by atoms with Gasteiger partial charge in [0, 0.05) is 18.6 Å². The Kier molecular flexibility index (Phi) is 4.77. The van der Waals surface area contributed by atoms with Crippen LogP contribution in [0.1, 0.15) is 12.5 Å². The molecule has 1 amide bonds. The van der Waals surface area contributed by atoms with Crippen LogP contribution in [-0.4, -0.2) is 35.6 Å². The molecule has 1 N–H and O–H groups in total. The van der Waals surface area contributed by atoms with Gasteiger partial charge in [-0.05, 0) is 18.6 Å². The molecule has 0 radical (unpaired) electrons. The molecule has 4 heteroatoms. The van der Waals surface area contributed by atoms with Crippen LogP contribution in [0.25, 0.3) is 0 Å². The first-order valence-corrected chi connectivity index (χ1v) is 5.54. The van der Waals surface area contributed by atoms with Gasteiger partial charge in [0.1, 0.15) is 0 Å². The van der Waals surface area contributed by atoms with Gasteiger partial charge < -0.3 is 10.0 Å². The van der Waals surface area contributed by atoms with Crippen molar-refractivity contribution in [1.29, 1.82) is 0 Å². The van der Waals surface area contributed by atoms with Crippen LogP contribution in [0, 0.1) is 0 Å². The van der Waals surface area contributed by atoms with Crippen LogP contribution in [0.2, 0.25) is 5.02 Å². The summed E-state index contributed by atoms with van der Waals surface area (Å²) in [6.45, 7) is 1.99. The Morgan fingerprint density at radius 3 is 2.69 bits per heavy atom. The van der Waals surface area contributed by atoms with E-state index in [1.54, 1.807) is 20.0 Å². The average Bonchev–Trinajstić information content (AvgIpc) is 2.20. The molecular weight excluding hydrogens is 226 g/mol. The van der Waals surface area contributed by atoms with Gasteiger partial charge >= 0.3 is 0 Å². The molecule has 0 spiro atoms. The summed E-state index contributed by atoms with van der Waals surface area (Å²) in [4.78, 5) is 13.3. The highest BCUT2D eigenvalue weighted by atomic mass is 35.5. The maximum Gasteiger partial charge on any atom is 0.226 e. The van der Waals surface area contributed by atoms with E-state index < -0.39 is 6.10 Å². The van der Waals surface area contributed by atoms with E-state index >= 15 is 0 Å². The molecule has 3 nitrogen and oxygen atoms in total. The number of carbonyl (C=O) groups excluding carboxylic acids is 1. The number of hydrogen-bond donors (Lipinski definition) is 1. The molecule has 1 rings (SSSR count). The van der Waals surface area contributed by atoms with Crippen LogP contribution in [0.4, 0.5) is 0 Å². The van der Waals surface area contributed by atoms with Crippen molar-refractivity contribution in [2.45, 2.75) is 19.4 Å². The van der Waals surface area contributed by atoms with Gasteiger partial charge in [-0.25, -0.2) is 0 Å². The van der Waals surface area contributed by atoms with E-state index in [1.807, 2.05) is 18.2 Å². The zero-order valence-corrected chi connectivity index (χ0v) is 10.2. The van der Waals surface area contributed by atoms with Gasteiger partial charge in [0.15, 0.2) is 0 Å². The highest BCUT2D eigenvalue weighted by Crippen LogP contribution is 2.15. The van der Waals surface area contributed by atoms with Crippen LogP contribution >= 0.6 is 11.6 Å². The second kappa shape index (κ2) is 5.87. The van der Waals surface area contributed by atoms with E-state index in [1.165, 1.54) is 4.90 Å². The highest BCUT2D eigenvalue weighted by Gasteiger charge is 2.12. The minimum Gasteiger partial charge on any atom is -0.392 e. The Hall–Kier alpha value is -1.06. The zero-order chi connectivity index (χ0) is 12.1. The van der Waals surface area contributed by atoms with Crippen LogP contribution < -0.4 is 0 Å². The van der Waals surface area contributed by atoms with Crippen molar-refractivity contribution < 1.29 is 9.90 Å². The Morgan fingerprint density at radius 2 is 2.12 bits per heavy atom. The van der Waals surface area contributed by atoms with Crippen molar-refractivity contribution in [3.8, 4) is 0 Å². The van der Waals surface area contributed by atoms with Crippen LogP contribution in [-0.2, 0) is 11.2 Å². The van der Waals surface area contributed by atoms with E-state index in [0.29, 0.717) is 11.6 Å². The van der Waals surface area contributed by atoms with Gasteiger partial charge in [0.2, 0.25) is 5.91 Å². The molecule has 0 saturated heterocycles.